The zero-order valence-electron chi connectivity index (χ0n) is 13.2. The molecule has 4 heteroatoms. The molecule has 0 heterocycles. The van der Waals surface area contributed by atoms with E-state index in [0.717, 1.165) is 11.5 Å². The number of thioether (sulfide) groups is 2. The van der Waals surface area contributed by atoms with Crippen molar-refractivity contribution >= 4 is 28.6 Å². The van der Waals surface area contributed by atoms with E-state index in [1.165, 1.54) is 24.6 Å². The van der Waals surface area contributed by atoms with Crippen LogP contribution in [-0.4, -0.2) is 32.6 Å². The van der Waals surface area contributed by atoms with Gasteiger partial charge in [-0.2, -0.15) is 11.8 Å². The van der Waals surface area contributed by atoms with Crippen LogP contribution in [0.3, 0.4) is 0 Å². The monoisotopic (exact) mass is 306 g/mol. The number of rotatable bonds is 8. The van der Waals surface area contributed by atoms with Crippen LogP contribution >= 0.6 is 23.5 Å². The first-order chi connectivity index (χ1) is 8.69. The van der Waals surface area contributed by atoms with Crippen molar-refractivity contribution in [3.63, 3.8) is 0 Å². The zero-order valence-corrected chi connectivity index (χ0v) is 14.9. The van der Waals surface area contributed by atoms with Crippen molar-refractivity contribution in [1.29, 1.82) is 0 Å². The Kier molecular flexibility index (Phi) is 9.46. The van der Waals surface area contributed by atoms with Gasteiger partial charge in [0.15, 0.2) is 5.12 Å². The average molecular weight is 307 g/mol. The summed E-state index contributed by atoms with van der Waals surface area (Å²) >= 11 is 3.22. The van der Waals surface area contributed by atoms with Crippen LogP contribution in [0.25, 0.3) is 0 Å². The van der Waals surface area contributed by atoms with Crippen molar-refractivity contribution in [2.75, 3.05) is 11.5 Å². The lowest BCUT2D eigenvalue weighted by atomic mass is 9.96. The van der Waals surface area contributed by atoms with E-state index >= 15 is 0 Å². The van der Waals surface area contributed by atoms with Gasteiger partial charge in [0.2, 0.25) is 0 Å². The second kappa shape index (κ2) is 9.30. The van der Waals surface area contributed by atoms with Crippen LogP contribution in [0.1, 0.15) is 54.4 Å². The van der Waals surface area contributed by atoms with Crippen molar-refractivity contribution in [3.05, 3.63) is 0 Å². The van der Waals surface area contributed by atoms with E-state index in [2.05, 4.69) is 6.92 Å². The number of hydrogen-bond acceptors (Lipinski definition) is 4. The molecule has 0 fully saturated rings. The minimum absolute atomic E-state index is 0.0792. The Morgan fingerprint density at radius 1 is 1.26 bits per heavy atom. The van der Waals surface area contributed by atoms with Crippen LogP contribution in [-0.2, 0) is 4.79 Å². The lowest BCUT2D eigenvalue weighted by Crippen LogP contribution is -2.32. The lowest BCUT2D eigenvalue weighted by molar-refractivity contribution is -0.117. The largest absolute Gasteiger partial charge is 0.392 e. The summed E-state index contributed by atoms with van der Waals surface area (Å²) in [6, 6.07) is 0. The maximum atomic E-state index is 12.1. The van der Waals surface area contributed by atoms with Gasteiger partial charge >= 0.3 is 0 Å². The summed E-state index contributed by atoms with van der Waals surface area (Å²) in [6.45, 7) is 12.1. The van der Waals surface area contributed by atoms with Gasteiger partial charge in [0, 0.05) is 4.75 Å². The van der Waals surface area contributed by atoms with Gasteiger partial charge in [-0.15, -0.1) is 0 Å². The van der Waals surface area contributed by atoms with Crippen LogP contribution in [0.2, 0.25) is 0 Å². The molecule has 2 nitrogen and oxygen atoms in total. The fourth-order valence-corrected chi connectivity index (χ4v) is 3.80. The molecule has 19 heavy (non-hydrogen) atoms. The molecule has 0 aliphatic rings. The third-order valence-electron chi connectivity index (χ3n) is 2.90. The highest BCUT2D eigenvalue weighted by Crippen LogP contribution is 2.30. The molecule has 0 bridgehead atoms. The molecule has 0 aliphatic carbocycles. The molecule has 0 aromatic rings. The van der Waals surface area contributed by atoms with Gasteiger partial charge in [-0.1, -0.05) is 59.7 Å². The quantitative estimate of drug-likeness (QED) is 0.682. The summed E-state index contributed by atoms with van der Waals surface area (Å²) in [6.07, 6.45) is 1.90. The number of carbonyl (C=O) groups excluding carboxylic acids is 1. The van der Waals surface area contributed by atoms with Gasteiger partial charge in [-0.25, -0.2) is 0 Å². The summed E-state index contributed by atoms with van der Waals surface area (Å²) in [7, 11) is 0. The highest BCUT2D eigenvalue weighted by molar-refractivity contribution is 8.14. The molecule has 0 saturated heterocycles. The third kappa shape index (κ3) is 8.98. The van der Waals surface area contributed by atoms with E-state index in [-0.39, 0.29) is 21.7 Å². The van der Waals surface area contributed by atoms with Gasteiger partial charge in [-0.05, 0) is 23.8 Å². The summed E-state index contributed by atoms with van der Waals surface area (Å²) in [4.78, 5) is 12.1. The Hall–Kier alpha value is 0.330. The second-order valence-electron chi connectivity index (χ2n) is 6.22. The summed E-state index contributed by atoms with van der Waals surface area (Å²) in [5.41, 5.74) is 0. The summed E-state index contributed by atoms with van der Waals surface area (Å²) in [5, 5.41) is 10.4. The Morgan fingerprint density at radius 3 is 2.32 bits per heavy atom. The highest BCUT2D eigenvalue weighted by Gasteiger charge is 2.29. The van der Waals surface area contributed by atoms with Crippen molar-refractivity contribution in [1.82, 2.24) is 0 Å². The molecule has 0 aromatic carbocycles. The second-order valence-corrected chi connectivity index (χ2v) is 9.20. The van der Waals surface area contributed by atoms with E-state index in [9.17, 15) is 9.90 Å². The first kappa shape index (κ1) is 19.3. The first-order valence-electron chi connectivity index (χ1n) is 7.17. The van der Waals surface area contributed by atoms with Crippen LogP contribution < -0.4 is 0 Å². The third-order valence-corrected chi connectivity index (χ3v) is 5.42. The number of carbonyl (C=O) groups is 1. The van der Waals surface area contributed by atoms with E-state index in [1.54, 1.807) is 0 Å². The summed E-state index contributed by atoms with van der Waals surface area (Å²) in [5.74, 6) is 1.96. The molecule has 0 saturated carbocycles. The Balaban J connectivity index is 4.16. The fourth-order valence-electron chi connectivity index (χ4n) is 1.64. The van der Waals surface area contributed by atoms with E-state index in [0.29, 0.717) is 0 Å². The van der Waals surface area contributed by atoms with Crippen molar-refractivity contribution in [3.8, 4) is 0 Å². The van der Waals surface area contributed by atoms with Crippen LogP contribution in [0.4, 0.5) is 0 Å². The number of unbranched alkanes of at least 4 members (excludes halogenated alkanes) is 1. The fraction of sp³-hybridized carbons (Fsp3) is 0.933. The molecule has 0 radical (unpaired) electrons. The minimum Gasteiger partial charge on any atom is -0.392 e. The molecule has 1 N–H and O–H groups in total. The van der Waals surface area contributed by atoms with Crippen LogP contribution in [0, 0.1) is 11.8 Å². The smallest absolute Gasteiger partial charge is 0.194 e. The topological polar surface area (TPSA) is 37.3 Å². The number of aliphatic hydroxyl groups is 1. The molecule has 114 valence electrons. The highest BCUT2D eigenvalue weighted by atomic mass is 32.2. The normalized spacial score (nSPS) is 17.0. The molecular weight excluding hydrogens is 276 g/mol. The molecule has 0 aliphatic heterocycles. The van der Waals surface area contributed by atoms with Crippen LogP contribution in [0.5, 0.6) is 0 Å². The molecule has 3 atom stereocenters. The van der Waals surface area contributed by atoms with Gasteiger partial charge in [0.1, 0.15) is 0 Å². The molecule has 0 unspecified atom stereocenters. The van der Waals surface area contributed by atoms with Crippen molar-refractivity contribution < 1.29 is 9.90 Å². The van der Waals surface area contributed by atoms with Crippen LogP contribution in [0.15, 0.2) is 0 Å². The molecular formula is C15H30O2S2. The van der Waals surface area contributed by atoms with Gasteiger partial charge in [0.25, 0.3) is 0 Å². The Labute approximate surface area is 127 Å². The van der Waals surface area contributed by atoms with Crippen molar-refractivity contribution in [2.24, 2.45) is 11.8 Å². The number of hydrogen-bond donors (Lipinski definition) is 1. The van der Waals surface area contributed by atoms with E-state index < -0.39 is 6.10 Å². The zero-order chi connectivity index (χ0) is 15.1. The number of aliphatic hydroxyl groups excluding tert-OH is 1. The average Bonchev–Trinajstić information content (AvgIpc) is 2.30. The van der Waals surface area contributed by atoms with Gasteiger partial charge in [0.05, 0.1) is 12.0 Å². The van der Waals surface area contributed by atoms with E-state index in [1.807, 2.05) is 46.4 Å². The van der Waals surface area contributed by atoms with Gasteiger partial charge in [-0.3, -0.25) is 4.79 Å². The predicted octanol–water partition coefficient (Wildman–Crippen LogP) is 4.21. The summed E-state index contributed by atoms with van der Waals surface area (Å²) < 4.78 is -0.0792. The lowest BCUT2D eigenvalue weighted by Gasteiger charge is -2.26. The Bertz CT molecular complexity index is 261. The predicted molar refractivity (Wildman–Crippen MR) is 88.9 cm³/mol. The molecule has 0 aromatic heterocycles. The molecule has 0 spiro atoms. The molecule has 0 amide bonds. The Morgan fingerprint density at radius 2 is 1.84 bits per heavy atom. The SMILES string of the molecule is CCCCSC[C@H](C)[C@@H](O)[C@H](C)C(=O)SC(C)(C)C. The molecule has 0 rings (SSSR count). The van der Waals surface area contributed by atoms with E-state index in [4.69, 9.17) is 0 Å². The maximum absolute atomic E-state index is 12.1. The van der Waals surface area contributed by atoms with Gasteiger partial charge < -0.3 is 5.11 Å². The van der Waals surface area contributed by atoms with Crippen molar-refractivity contribution in [2.45, 2.75) is 65.2 Å². The standard InChI is InChI=1S/C15H30O2S2/c1-7-8-9-18-10-11(2)13(16)12(3)14(17)19-15(4,5)6/h11-13,16H,7-10H2,1-6H3/t11-,12-,13+/m0/s1. The minimum atomic E-state index is -0.531. The maximum Gasteiger partial charge on any atom is 0.194 e. The first-order valence-corrected chi connectivity index (χ1v) is 9.14.